The van der Waals surface area contributed by atoms with Crippen LogP contribution in [0.5, 0.6) is 11.5 Å². The van der Waals surface area contributed by atoms with Crippen molar-refractivity contribution < 1.29 is 4.74 Å². The molecule has 2 heterocycles. The van der Waals surface area contributed by atoms with Gasteiger partial charge in [-0.3, -0.25) is 0 Å². The van der Waals surface area contributed by atoms with Gasteiger partial charge < -0.3 is 10.1 Å². The molecule has 0 unspecified atom stereocenters. The van der Waals surface area contributed by atoms with Crippen LogP contribution in [0.2, 0.25) is 0 Å². The number of nitrogens with zero attached hydrogens (tertiary/aromatic N) is 4. The molecule has 0 bridgehead atoms. The zero-order valence-electron chi connectivity index (χ0n) is 19.8. The smallest absolute Gasteiger partial charge is 0.168 e. The van der Waals surface area contributed by atoms with Crippen LogP contribution in [0, 0.1) is 6.92 Å². The summed E-state index contributed by atoms with van der Waals surface area (Å²) in [6.45, 7) is 6.21. The van der Waals surface area contributed by atoms with Crippen LogP contribution in [0.4, 0.5) is 11.5 Å². The van der Waals surface area contributed by atoms with E-state index in [1.54, 1.807) is 18.0 Å². The molecule has 6 nitrogen and oxygen atoms in total. The Bertz CT molecular complexity index is 1460. The number of benzene rings is 3. The molecule has 0 saturated carbocycles. The lowest BCUT2D eigenvalue weighted by molar-refractivity contribution is 0.482. The highest BCUT2D eigenvalue weighted by atomic mass is 32.2. The van der Waals surface area contributed by atoms with Gasteiger partial charge in [0.15, 0.2) is 5.65 Å². The van der Waals surface area contributed by atoms with Gasteiger partial charge in [0.1, 0.15) is 29.5 Å². The monoisotopic (exact) mass is 479 g/mol. The normalized spacial score (nSPS) is 11.1. The Morgan fingerprint density at radius 1 is 0.857 bits per heavy atom. The van der Waals surface area contributed by atoms with Crippen LogP contribution in [-0.2, 0) is 0 Å². The van der Waals surface area contributed by atoms with E-state index in [0.717, 1.165) is 43.8 Å². The Labute approximate surface area is 208 Å². The van der Waals surface area contributed by atoms with Crippen molar-refractivity contribution in [2.24, 2.45) is 0 Å². The quantitative estimate of drug-likeness (QED) is 0.258. The molecule has 35 heavy (non-hydrogen) atoms. The molecular weight excluding hydrogens is 454 g/mol. The van der Waals surface area contributed by atoms with E-state index in [-0.39, 0.29) is 5.92 Å². The molecule has 5 rings (SSSR count). The van der Waals surface area contributed by atoms with Crippen LogP contribution in [0.1, 0.15) is 31.2 Å². The third kappa shape index (κ3) is 5.41. The van der Waals surface area contributed by atoms with Crippen molar-refractivity contribution in [1.82, 2.24) is 19.9 Å². The second kappa shape index (κ2) is 10.1. The molecule has 174 valence electrons. The van der Waals surface area contributed by atoms with Crippen LogP contribution in [0.25, 0.3) is 11.0 Å². The molecule has 0 aliphatic heterocycles. The average Bonchev–Trinajstić information content (AvgIpc) is 2.87. The number of ether oxygens (including phenoxy) is 1. The van der Waals surface area contributed by atoms with Crippen molar-refractivity contribution in [1.29, 1.82) is 0 Å². The van der Waals surface area contributed by atoms with E-state index in [2.05, 4.69) is 76.4 Å². The fourth-order valence-electron chi connectivity index (χ4n) is 3.53. The van der Waals surface area contributed by atoms with Gasteiger partial charge in [-0.1, -0.05) is 49.9 Å². The fraction of sp³-hybridized carbons (Fsp3) is 0.143. The topological polar surface area (TPSA) is 72.8 Å². The van der Waals surface area contributed by atoms with Gasteiger partial charge in [-0.25, -0.2) is 19.9 Å². The Hall–Kier alpha value is -3.97. The second-order valence-corrected chi connectivity index (χ2v) is 9.57. The number of rotatable bonds is 7. The number of fused-ring (bicyclic) bond motifs is 1. The highest BCUT2D eigenvalue weighted by molar-refractivity contribution is 7.99. The van der Waals surface area contributed by atoms with Crippen LogP contribution in [0.15, 0.2) is 95.1 Å². The fourth-order valence-corrected chi connectivity index (χ4v) is 4.41. The van der Waals surface area contributed by atoms with Crippen LogP contribution >= 0.6 is 11.8 Å². The molecule has 0 aliphatic rings. The molecule has 0 saturated heterocycles. The van der Waals surface area contributed by atoms with E-state index in [1.165, 1.54) is 6.33 Å². The summed E-state index contributed by atoms with van der Waals surface area (Å²) in [5, 5.41) is 4.28. The minimum atomic E-state index is 0.232. The van der Waals surface area contributed by atoms with Gasteiger partial charge in [0.05, 0.1) is 11.1 Å². The van der Waals surface area contributed by atoms with E-state index >= 15 is 0 Å². The number of para-hydroxylation sites is 1. The Balaban J connectivity index is 1.39. The number of nitrogens with one attached hydrogen (secondary N) is 1. The predicted molar refractivity (Wildman–Crippen MR) is 141 cm³/mol. The maximum absolute atomic E-state index is 5.92. The third-order valence-electron chi connectivity index (χ3n) is 5.34. The number of hydrogen-bond acceptors (Lipinski definition) is 7. The molecule has 0 aliphatic carbocycles. The highest BCUT2D eigenvalue weighted by Gasteiger charge is 2.12. The molecule has 1 N–H and O–H groups in total. The first-order valence-electron chi connectivity index (χ1n) is 11.4. The second-order valence-electron chi connectivity index (χ2n) is 8.46. The first-order valence-corrected chi connectivity index (χ1v) is 12.2. The third-order valence-corrected chi connectivity index (χ3v) is 6.43. The molecule has 0 fully saturated rings. The highest BCUT2D eigenvalue weighted by Crippen LogP contribution is 2.37. The maximum Gasteiger partial charge on any atom is 0.168 e. The van der Waals surface area contributed by atoms with E-state index in [4.69, 9.17) is 4.74 Å². The molecule has 0 amide bonds. The van der Waals surface area contributed by atoms with Gasteiger partial charge in [0, 0.05) is 21.9 Å². The lowest BCUT2D eigenvalue weighted by Gasteiger charge is -2.14. The lowest BCUT2D eigenvalue weighted by atomic mass is 10.2. The molecule has 5 aromatic rings. The molecule has 0 spiro atoms. The van der Waals surface area contributed by atoms with Crippen molar-refractivity contribution in [2.75, 3.05) is 5.32 Å². The Morgan fingerprint density at radius 3 is 2.40 bits per heavy atom. The number of aryl methyl sites for hydroxylation is 1. The zero-order valence-corrected chi connectivity index (χ0v) is 20.6. The minimum absolute atomic E-state index is 0.232. The molecular formula is C28H25N5OS. The van der Waals surface area contributed by atoms with Gasteiger partial charge in [-0.05, 0) is 61.0 Å². The maximum atomic E-state index is 5.92. The molecule has 2 aromatic heterocycles. The van der Waals surface area contributed by atoms with Gasteiger partial charge in [-0.15, -0.1) is 0 Å². The van der Waals surface area contributed by atoms with Crippen molar-refractivity contribution in [3.63, 3.8) is 0 Å². The van der Waals surface area contributed by atoms with Crippen LogP contribution < -0.4 is 10.1 Å². The number of anilines is 2. The SMILES string of the molecule is Cc1ccc(Sc2ccc(Oc3ccccc3)cc2)c(Nc2ncnc3nc(C(C)C)ncc23)c1. The largest absolute Gasteiger partial charge is 0.457 e. The van der Waals surface area contributed by atoms with Gasteiger partial charge >= 0.3 is 0 Å². The number of hydrogen-bond donors (Lipinski definition) is 1. The molecule has 0 radical (unpaired) electrons. The average molecular weight is 480 g/mol. The first-order chi connectivity index (χ1) is 17.0. The van der Waals surface area contributed by atoms with Gasteiger partial charge in [-0.2, -0.15) is 0 Å². The Kier molecular flexibility index (Phi) is 6.59. The molecule has 3 aromatic carbocycles. The van der Waals surface area contributed by atoms with Crippen molar-refractivity contribution >= 4 is 34.3 Å². The summed E-state index contributed by atoms with van der Waals surface area (Å²) in [7, 11) is 0. The Morgan fingerprint density at radius 2 is 1.63 bits per heavy atom. The van der Waals surface area contributed by atoms with Crippen LogP contribution in [-0.4, -0.2) is 19.9 Å². The van der Waals surface area contributed by atoms with Crippen molar-refractivity contribution in [3.8, 4) is 11.5 Å². The first kappa shape index (κ1) is 22.8. The number of aromatic nitrogens is 4. The van der Waals surface area contributed by atoms with E-state index < -0.39 is 0 Å². The zero-order chi connectivity index (χ0) is 24.2. The standard InChI is InChI=1S/C28H25N5OS/c1-18(2)26-29-16-23-27(30-17-31-28(23)33-26)32-24-15-19(3)9-14-25(24)35-22-12-10-21(11-13-22)34-20-7-5-4-6-8-20/h4-18H,1-3H3,(H,29,30,31,32,33). The summed E-state index contributed by atoms with van der Waals surface area (Å²) in [4.78, 5) is 20.1. The van der Waals surface area contributed by atoms with Crippen molar-refractivity contribution in [2.45, 2.75) is 36.5 Å². The van der Waals surface area contributed by atoms with Gasteiger partial charge in [0.25, 0.3) is 0 Å². The summed E-state index contributed by atoms with van der Waals surface area (Å²) in [6.07, 6.45) is 3.34. The molecule has 0 atom stereocenters. The van der Waals surface area contributed by atoms with E-state index in [1.807, 2.05) is 42.5 Å². The minimum Gasteiger partial charge on any atom is -0.457 e. The summed E-state index contributed by atoms with van der Waals surface area (Å²) < 4.78 is 5.92. The van der Waals surface area contributed by atoms with Gasteiger partial charge in [0.2, 0.25) is 0 Å². The summed E-state index contributed by atoms with van der Waals surface area (Å²) in [5.41, 5.74) is 2.75. The van der Waals surface area contributed by atoms with E-state index in [9.17, 15) is 0 Å². The van der Waals surface area contributed by atoms with Crippen molar-refractivity contribution in [3.05, 3.63) is 96.7 Å². The van der Waals surface area contributed by atoms with Crippen LogP contribution in [0.3, 0.4) is 0 Å². The van der Waals surface area contributed by atoms with E-state index in [0.29, 0.717) is 11.5 Å². The predicted octanol–water partition coefficient (Wildman–Crippen LogP) is 7.54. The summed E-state index contributed by atoms with van der Waals surface area (Å²) in [6, 6.07) is 24.2. The molecule has 7 heteroatoms. The lowest BCUT2D eigenvalue weighted by Crippen LogP contribution is -2.02. The summed E-state index contributed by atoms with van der Waals surface area (Å²) >= 11 is 1.68. The summed E-state index contributed by atoms with van der Waals surface area (Å²) in [5.74, 6) is 3.31.